The fraction of sp³-hybridized carbons (Fsp3) is 0.214. The number of pyridine rings is 1. The molecule has 0 amide bonds. The Morgan fingerprint density at radius 3 is 2.44 bits per heavy atom. The van der Waals surface area contributed by atoms with E-state index in [1.807, 2.05) is 24.3 Å². The zero-order valence-electron chi connectivity index (χ0n) is 9.28. The van der Waals surface area contributed by atoms with Crippen molar-refractivity contribution in [3.63, 3.8) is 0 Å². The molecule has 0 spiro atoms. The van der Waals surface area contributed by atoms with Crippen LogP contribution in [0.25, 0.3) is 11.1 Å². The number of halogens is 1. The SMILES string of the molecule is CCCc1ccc(-c2ccncc2)cc1F. The van der Waals surface area contributed by atoms with Crippen molar-refractivity contribution in [1.82, 2.24) is 4.98 Å². The highest BCUT2D eigenvalue weighted by Crippen LogP contribution is 2.21. The van der Waals surface area contributed by atoms with E-state index in [1.54, 1.807) is 18.5 Å². The van der Waals surface area contributed by atoms with Gasteiger partial charge in [0.15, 0.2) is 0 Å². The van der Waals surface area contributed by atoms with Crippen molar-refractivity contribution in [1.29, 1.82) is 0 Å². The lowest BCUT2D eigenvalue weighted by Crippen LogP contribution is -1.90. The fourth-order valence-electron chi connectivity index (χ4n) is 1.74. The van der Waals surface area contributed by atoms with Gasteiger partial charge in [-0.15, -0.1) is 0 Å². The lowest BCUT2D eigenvalue weighted by Gasteiger charge is -2.05. The van der Waals surface area contributed by atoms with Crippen LogP contribution in [-0.4, -0.2) is 4.98 Å². The molecule has 0 aliphatic heterocycles. The standard InChI is InChI=1S/C14H14FN/c1-2-3-12-4-5-13(10-14(12)15)11-6-8-16-9-7-11/h4-10H,2-3H2,1H3. The number of benzene rings is 1. The van der Waals surface area contributed by atoms with Gasteiger partial charge in [-0.3, -0.25) is 4.98 Å². The monoisotopic (exact) mass is 215 g/mol. The molecule has 2 aromatic rings. The Morgan fingerprint density at radius 2 is 1.81 bits per heavy atom. The molecule has 0 N–H and O–H groups in total. The number of aryl methyl sites for hydroxylation is 1. The van der Waals surface area contributed by atoms with Gasteiger partial charge in [-0.1, -0.05) is 25.5 Å². The summed E-state index contributed by atoms with van der Waals surface area (Å²) in [4.78, 5) is 3.95. The van der Waals surface area contributed by atoms with Gasteiger partial charge in [-0.25, -0.2) is 4.39 Å². The Balaban J connectivity index is 2.35. The minimum Gasteiger partial charge on any atom is -0.265 e. The normalized spacial score (nSPS) is 10.4. The van der Waals surface area contributed by atoms with Crippen LogP contribution in [0.2, 0.25) is 0 Å². The molecule has 0 atom stereocenters. The maximum absolute atomic E-state index is 13.7. The van der Waals surface area contributed by atoms with Crippen LogP contribution in [0.5, 0.6) is 0 Å². The summed E-state index contributed by atoms with van der Waals surface area (Å²) < 4.78 is 13.7. The van der Waals surface area contributed by atoms with Gasteiger partial charge in [-0.05, 0) is 41.3 Å². The third-order valence-corrected chi connectivity index (χ3v) is 2.59. The Hall–Kier alpha value is -1.70. The van der Waals surface area contributed by atoms with Crippen molar-refractivity contribution in [2.24, 2.45) is 0 Å². The molecule has 0 saturated heterocycles. The van der Waals surface area contributed by atoms with Gasteiger partial charge in [0.1, 0.15) is 5.82 Å². The maximum Gasteiger partial charge on any atom is 0.127 e. The molecule has 0 unspecified atom stereocenters. The molecule has 0 aliphatic carbocycles. The van der Waals surface area contributed by atoms with E-state index in [1.165, 1.54) is 0 Å². The molecular weight excluding hydrogens is 201 g/mol. The second-order valence-corrected chi connectivity index (χ2v) is 3.79. The maximum atomic E-state index is 13.7. The van der Waals surface area contributed by atoms with E-state index in [9.17, 15) is 4.39 Å². The molecule has 1 aromatic heterocycles. The summed E-state index contributed by atoms with van der Waals surface area (Å²) in [5.41, 5.74) is 2.69. The summed E-state index contributed by atoms with van der Waals surface area (Å²) in [6, 6.07) is 9.20. The first-order valence-electron chi connectivity index (χ1n) is 5.50. The van der Waals surface area contributed by atoms with E-state index in [0.29, 0.717) is 0 Å². The van der Waals surface area contributed by atoms with E-state index in [-0.39, 0.29) is 5.82 Å². The summed E-state index contributed by atoms with van der Waals surface area (Å²) in [5.74, 6) is -0.115. The van der Waals surface area contributed by atoms with Crippen LogP contribution in [0.15, 0.2) is 42.7 Å². The summed E-state index contributed by atoms with van der Waals surface area (Å²) >= 11 is 0. The van der Waals surface area contributed by atoms with E-state index in [4.69, 9.17) is 0 Å². The molecule has 2 rings (SSSR count). The molecule has 1 aromatic carbocycles. The second-order valence-electron chi connectivity index (χ2n) is 3.79. The number of hydrogen-bond donors (Lipinski definition) is 0. The minimum atomic E-state index is -0.115. The van der Waals surface area contributed by atoms with Crippen molar-refractivity contribution in [3.05, 3.63) is 54.1 Å². The Labute approximate surface area is 95.0 Å². The number of hydrogen-bond acceptors (Lipinski definition) is 1. The first-order chi connectivity index (χ1) is 7.81. The summed E-state index contributed by atoms with van der Waals surface area (Å²) in [6.07, 6.45) is 5.19. The van der Waals surface area contributed by atoms with E-state index < -0.39 is 0 Å². The Morgan fingerprint density at radius 1 is 1.06 bits per heavy atom. The van der Waals surface area contributed by atoms with Crippen LogP contribution in [0, 0.1) is 5.82 Å². The van der Waals surface area contributed by atoms with Gasteiger partial charge in [0.2, 0.25) is 0 Å². The van der Waals surface area contributed by atoms with Crippen LogP contribution < -0.4 is 0 Å². The average Bonchev–Trinajstić information content (AvgIpc) is 2.33. The highest BCUT2D eigenvalue weighted by atomic mass is 19.1. The van der Waals surface area contributed by atoms with Gasteiger partial charge >= 0.3 is 0 Å². The van der Waals surface area contributed by atoms with Gasteiger partial charge in [0.25, 0.3) is 0 Å². The van der Waals surface area contributed by atoms with Crippen molar-refractivity contribution in [3.8, 4) is 11.1 Å². The summed E-state index contributed by atoms with van der Waals surface area (Å²) in [5, 5.41) is 0. The molecule has 0 aliphatic rings. The molecule has 0 fully saturated rings. The first-order valence-corrected chi connectivity index (χ1v) is 5.50. The molecular formula is C14H14FN. The molecule has 1 nitrogen and oxygen atoms in total. The summed E-state index contributed by atoms with van der Waals surface area (Å²) in [7, 11) is 0. The molecule has 1 heterocycles. The summed E-state index contributed by atoms with van der Waals surface area (Å²) in [6.45, 7) is 2.05. The van der Waals surface area contributed by atoms with Crippen LogP contribution in [0.3, 0.4) is 0 Å². The van der Waals surface area contributed by atoms with Crippen LogP contribution in [-0.2, 0) is 6.42 Å². The zero-order valence-corrected chi connectivity index (χ0v) is 9.28. The average molecular weight is 215 g/mol. The van der Waals surface area contributed by atoms with Gasteiger partial charge < -0.3 is 0 Å². The van der Waals surface area contributed by atoms with E-state index >= 15 is 0 Å². The van der Waals surface area contributed by atoms with Crippen LogP contribution in [0.1, 0.15) is 18.9 Å². The molecule has 0 saturated carbocycles. The van der Waals surface area contributed by atoms with Crippen molar-refractivity contribution in [2.45, 2.75) is 19.8 Å². The molecule has 0 bridgehead atoms. The van der Waals surface area contributed by atoms with Crippen molar-refractivity contribution < 1.29 is 4.39 Å². The smallest absolute Gasteiger partial charge is 0.127 e. The quantitative estimate of drug-likeness (QED) is 0.758. The molecule has 16 heavy (non-hydrogen) atoms. The topological polar surface area (TPSA) is 12.9 Å². The second kappa shape index (κ2) is 4.88. The van der Waals surface area contributed by atoms with Gasteiger partial charge in [0, 0.05) is 12.4 Å². The predicted molar refractivity (Wildman–Crippen MR) is 63.6 cm³/mol. The van der Waals surface area contributed by atoms with Crippen LogP contribution >= 0.6 is 0 Å². The minimum absolute atomic E-state index is 0.115. The van der Waals surface area contributed by atoms with Crippen molar-refractivity contribution >= 4 is 0 Å². The highest BCUT2D eigenvalue weighted by Gasteiger charge is 2.03. The molecule has 2 heteroatoms. The zero-order chi connectivity index (χ0) is 11.4. The third-order valence-electron chi connectivity index (χ3n) is 2.59. The van der Waals surface area contributed by atoms with Gasteiger partial charge in [-0.2, -0.15) is 0 Å². The van der Waals surface area contributed by atoms with E-state index in [0.717, 1.165) is 29.5 Å². The molecule has 82 valence electrons. The number of rotatable bonds is 3. The van der Waals surface area contributed by atoms with Crippen molar-refractivity contribution in [2.75, 3.05) is 0 Å². The number of nitrogens with zero attached hydrogens (tertiary/aromatic N) is 1. The van der Waals surface area contributed by atoms with E-state index in [2.05, 4.69) is 11.9 Å². The molecule has 0 radical (unpaired) electrons. The lowest BCUT2D eigenvalue weighted by molar-refractivity contribution is 0.608. The fourth-order valence-corrected chi connectivity index (χ4v) is 1.74. The lowest BCUT2D eigenvalue weighted by atomic mass is 10.0. The van der Waals surface area contributed by atoms with Crippen LogP contribution in [0.4, 0.5) is 4.39 Å². The Kier molecular flexibility index (Phi) is 3.30. The third kappa shape index (κ3) is 2.27. The first kappa shape index (κ1) is 10.8. The Bertz CT molecular complexity index is 465. The van der Waals surface area contributed by atoms with Gasteiger partial charge in [0.05, 0.1) is 0 Å². The predicted octanol–water partition coefficient (Wildman–Crippen LogP) is 3.84. The highest BCUT2D eigenvalue weighted by molar-refractivity contribution is 5.63. The largest absolute Gasteiger partial charge is 0.265 e. The number of aromatic nitrogens is 1.